The highest BCUT2D eigenvalue weighted by Crippen LogP contribution is 2.33. The largest absolute Gasteiger partial charge is 0.573 e. The van der Waals surface area contributed by atoms with Crippen LogP contribution in [-0.2, 0) is 35.0 Å². The molecule has 11 nitrogen and oxygen atoms in total. The Bertz CT molecular complexity index is 1270. The molecule has 2 aromatic heterocycles. The number of alkyl halides is 3. The number of benzene rings is 1. The van der Waals surface area contributed by atoms with Crippen LogP contribution in [0, 0.1) is 0 Å². The quantitative estimate of drug-likeness (QED) is 0.497. The van der Waals surface area contributed by atoms with E-state index in [1.807, 2.05) is 0 Å². The number of amides is 1. The molecule has 34 heavy (non-hydrogen) atoms. The van der Waals surface area contributed by atoms with Gasteiger partial charge in [0.1, 0.15) is 16.7 Å². The summed E-state index contributed by atoms with van der Waals surface area (Å²) < 4.78 is 74.4. The van der Waals surface area contributed by atoms with Gasteiger partial charge in [0, 0.05) is 26.2 Å². The van der Waals surface area contributed by atoms with Gasteiger partial charge in [-0.2, -0.15) is 10.1 Å². The number of carbonyl (C=O) groups excluding carboxylic acids is 1. The molecule has 1 aromatic carbocycles. The van der Waals surface area contributed by atoms with Crippen molar-refractivity contribution in [1.29, 1.82) is 0 Å². The first-order chi connectivity index (χ1) is 16.0. The SMILES string of the molecule is Cn1cc(S(=O)(=O)NCc2noc([C@@H]3CCC(=O)N3Cc3ccc(OC(F)(F)F)cc3)n2)cn1. The van der Waals surface area contributed by atoms with E-state index in [1.165, 1.54) is 34.1 Å². The van der Waals surface area contributed by atoms with E-state index in [9.17, 15) is 26.4 Å². The Hall–Kier alpha value is -3.46. The number of hydrogen-bond acceptors (Lipinski definition) is 8. The van der Waals surface area contributed by atoms with Crippen molar-refractivity contribution in [2.75, 3.05) is 0 Å². The number of halogens is 3. The molecule has 3 heterocycles. The molecule has 1 amide bonds. The predicted octanol–water partition coefficient (Wildman–Crippen LogP) is 2.04. The molecule has 1 atom stereocenters. The van der Waals surface area contributed by atoms with Crippen LogP contribution in [0.5, 0.6) is 5.75 Å². The van der Waals surface area contributed by atoms with E-state index in [2.05, 4.69) is 24.7 Å². The number of nitrogens with zero attached hydrogens (tertiary/aromatic N) is 5. The Labute approximate surface area is 191 Å². The van der Waals surface area contributed by atoms with Gasteiger partial charge in [-0.25, -0.2) is 13.1 Å². The lowest BCUT2D eigenvalue weighted by molar-refractivity contribution is -0.274. The minimum absolute atomic E-state index is 0.0158. The third-order valence-electron chi connectivity index (χ3n) is 5.02. The van der Waals surface area contributed by atoms with Crippen LogP contribution in [0.15, 0.2) is 46.1 Å². The topological polar surface area (TPSA) is 132 Å². The van der Waals surface area contributed by atoms with Gasteiger partial charge in [-0.3, -0.25) is 9.48 Å². The maximum Gasteiger partial charge on any atom is 0.573 e. The van der Waals surface area contributed by atoms with Crippen molar-refractivity contribution in [1.82, 2.24) is 29.5 Å². The first kappa shape index (κ1) is 23.7. The predicted molar refractivity (Wildman–Crippen MR) is 107 cm³/mol. The molecular weight excluding hydrogens is 481 g/mol. The minimum atomic E-state index is -4.79. The number of nitrogens with one attached hydrogen (secondary N) is 1. The third-order valence-corrected chi connectivity index (χ3v) is 6.37. The average molecular weight is 500 g/mol. The summed E-state index contributed by atoms with van der Waals surface area (Å²) in [5, 5.41) is 7.60. The van der Waals surface area contributed by atoms with Crippen molar-refractivity contribution in [2.45, 2.75) is 43.2 Å². The van der Waals surface area contributed by atoms with Crippen LogP contribution in [0.25, 0.3) is 0 Å². The van der Waals surface area contributed by atoms with Crippen molar-refractivity contribution >= 4 is 15.9 Å². The fourth-order valence-corrected chi connectivity index (χ4v) is 4.40. The normalized spacial score (nSPS) is 16.9. The first-order valence-corrected chi connectivity index (χ1v) is 11.4. The van der Waals surface area contributed by atoms with Gasteiger partial charge in [-0.1, -0.05) is 17.3 Å². The first-order valence-electron chi connectivity index (χ1n) is 9.95. The summed E-state index contributed by atoms with van der Waals surface area (Å²) in [6.07, 6.45) is -1.62. The lowest BCUT2D eigenvalue weighted by Crippen LogP contribution is -2.27. The molecule has 0 saturated carbocycles. The molecular formula is C19H19F3N6O5S. The smallest absolute Gasteiger partial charge is 0.406 e. The Morgan fingerprint density at radius 2 is 2.00 bits per heavy atom. The highest BCUT2D eigenvalue weighted by molar-refractivity contribution is 7.89. The van der Waals surface area contributed by atoms with Crippen LogP contribution in [0.4, 0.5) is 13.2 Å². The van der Waals surface area contributed by atoms with Crippen LogP contribution in [0.2, 0.25) is 0 Å². The fraction of sp³-hybridized carbons (Fsp3) is 0.368. The van der Waals surface area contributed by atoms with Crippen LogP contribution in [-0.4, -0.2) is 45.5 Å². The highest BCUT2D eigenvalue weighted by atomic mass is 32.2. The maximum atomic E-state index is 12.4. The van der Waals surface area contributed by atoms with Crippen LogP contribution >= 0.6 is 0 Å². The molecule has 15 heteroatoms. The van der Waals surface area contributed by atoms with E-state index in [0.717, 1.165) is 12.1 Å². The summed E-state index contributed by atoms with van der Waals surface area (Å²) in [5.41, 5.74) is 0.582. The molecule has 4 rings (SSSR count). The highest BCUT2D eigenvalue weighted by Gasteiger charge is 2.36. The Balaban J connectivity index is 1.41. The number of rotatable bonds is 8. The van der Waals surface area contributed by atoms with Crippen molar-refractivity contribution < 1.29 is 35.6 Å². The zero-order chi connectivity index (χ0) is 24.5. The average Bonchev–Trinajstić information content (AvgIpc) is 3.48. The minimum Gasteiger partial charge on any atom is -0.406 e. The third kappa shape index (κ3) is 5.53. The van der Waals surface area contributed by atoms with E-state index < -0.39 is 22.4 Å². The van der Waals surface area contributed by atoms with Crippen molar-refractivity contribution in [3.63, 3.8) is 0 Å². The van der Waals surface area contributed by atoms with E-state index in [4.69, 9.17) is 4.52 Å². The zero-order valence-electron chi connectivity index (χ0n) is 17.7. The number of ether oxygens (including phenoxy) is 1. The molecule has 1 fully saturated rings. The fourth-order valence-electron chi connectivity index (χ4n) is 3.44. The van der Waals surface area contributed by atoms with Gasteiger partial charge in [0.15, 0.2) is 5.82 Å². The standard InChI is InChI=1S/C19H19F3N6O5S/c1-27-11-14(8-23-27)34(30,31)24-9-16-25-18(33-26-16)15-6-7-17(29)28(15)10-12-2-4-13(5-3-12)32-19(20,21)22/h2-5,8,11,15,24H,6-7,9-10H2,1H3/t15-/m0/s1. The molecule has 0 bridgehead atoms. The van der Waals surface area contributed by atoms with E-state index >= 15 is 0 Å². The second kappa shape index (κ2) is 9.06. The molecule has 0 aliphatic carbocycles. The van der Waals surface area contributed by atoms with E-state index in [-0.39, 0.29) is 47.8 Å². The van der Waals surface area contributed by atoms with Crippen LogP contribution in [0.1, 0.15) is 36.2 Å². The maximum absolute atomic E-state index is 12.4. The summed E-state index contributed by atoms with van der Waals surface area (Å²) >= 11 is 0. The number of sulfonamides is 1. The van der Waals surface area contributed by atoms with Gasteiger partial charge in [0.25, 0.3) is 0 Å². The molecule has 1 aliphatic heterocycles. The van der Waals surface area contributed by atoms with Crippen LogP contribution in [0.3, 0.4) is 0 Å². The number of aromatic nitrogens is 4. The molecule has 3 aromatic rings. The monoisotopic (exact) mass is 500 g/mol. The van der Waals surface area contributed by atoms with Gasteiger partial charge in [0.05, 0.1) is 12.7 Å². The van der Waals surface area contributed by atoms with Crippen LogP contribution < -0.4 is 9.46 Å². The van der Waals surface area contributed by atoms with Gasteiger partial charge in [0.2, 0.25) is 21.8 Å². The lowest BCUT2D eigenvalue weighted by atomic mass is 10.1. The second-order valence-electron chi connectivity index (χ2n) is 7.49. The molecule has 182 valence electrons. The summed E-state index contributed by atoms with van der Waals surface area (Å²) in [6, 6.07) is 4.64. The number of aryl methyl sites for hydroxylation is 1. The van der Waals surface area contributed by atoms with Crippen molar-refractivity contribution in [3.8, 4) is 5.75 Å². The zero-order valence-corrected chi connectivity index (χ0v) is 18.5. The van der Waals surface area contributed by atoms with Crippen molar-refractivity contribution in [2.24, 2.45) is 7.05 Å². The van der Waals surface area contributed by atoms with Gasteiger partial charge >= 0.3 is 6.36 Å². The van der Waals surface area contributed by atoms with Gasteiger partial charge < -0.3 is 14.2 Å². The second-order valence-corrected chi connectivity index (χ2v) is 9.26. The molecule has 0 spiro atoms. The van der Waals surface area contributed by atoms with E-state index in [0.29, 0.717) is 12.0 Å². The Morgan fingerprint density at radius 3 is 2.65 bits per heavy atom. The molecule has 0 unspecified atom stereocenters. The Kier molecular flexibility index (Phi) is 6.31. The number of carbonyl (C=O) groups is 1. The summed E-state index contributed by atoms with van der Waals surface area (Å²) in [7, 11) is -2.24. The molecule has 1 saturated heterocycles. The number of likely N-dealkylation sites (tertiary alicyclic amines) is 1. The molecule has 1 N–H and O–H groups in total. The lowest BCUT2D eigenvalue weighted by Gasteiger charge is -2.22. The molecule has 0 radical (unpaired) electrons. The van der Waals surface area contributed by atoms with Gasteiger partial charge in [-0.15, -0.1) is 13.2 Å². The van der Waals surface area contributed by atoms with Crippen molar-refractivity contribution in [3.05, 3.63) is 53.9 Å². The summed E-state index contributed by atoms with van der Waals surface area (Å²) in [4.78, 5) is 18.1. The molecule has 1 aliphatic rings. The summed E-state index contributed by atoms with van der Waals surface area (Å²) in [6.45, 7) is -0.122. The summed E-state index contributed by atoms with van der Waals surface area (Å²) in [5.74, 6) is -0.331. The van der Waals surface area contributed by atoms with E-state index in [1.54, 1.807) is 7.05 Å². The Morgan fingerprint density at radius 1 is 1.26 bits per heavy atom. The van der Waals surface area contributed by atoms with Gasteiger partial charge in [-0.05, 0) is 24.1 Å². The number of hydrogen-bond donors (Lipinski definition) is 1.